The molecule has 0 heterocycles. The van der Waals surface area contributed by atoms with E-state index in [2.05, 4.69) is 20.8 Å². The molecule has 6 heteroatoms. The van der Waals surface area contributed by atoms with Crippen molar-refractivity contribution in [2.75, 3.05) is 46.2 Å². The van der Waals surface area contributed by atoms with E-state index in [4.69, 9.17) is 14.2 Å². The minimum absolute atomic E-state index is 0.0800. The number of rotatable bonds is 20. The van der Waals surface area contributed by atoms with Crippen molar-refractivity contribution >= 4 is 0 Å². The van der Waals surface area contributed by atoms with Crippen molar-refractivity contribution in [3.63, 3.8) is 0 Å². The molecule has 0 unspecified atom stereocenters. The van der Waals surface area contributed by atoms with Crippen LogP contribution in [0.3, 0.4) is 0 Å². The second-order valence-electron chi connectivity index (χ2n) is 7.38. The van der Waals surface area contributed by atoms with Crippen molar-refractivity contribution in [2.45, 2.75) is 84.3 Å². The van der Waals surface area contributed by atoms with Gasteiger partial charge < -0.3 is 29.5 Å². The van der Waals surface area contributed by atoms with Gasteiger partial charge in [0.1, 0.15) is 6.61 Å². The summed E-state index contributed by atoms with van der Waals surface area (Å²) < 4.78 is 18.1. The largest absolute Gasteiger partial charge is 0.395 e. The summed E-state index contributed by atoms with van der Waals surface area (Å²) in [6.45, 7) is 6.53. The Kier molecular flexibility index (Phi) is 16.5. The molecule has 0 amide bonds. The van der Waals surface area contributed by atoms with E-state index in [1.807, 2.05) is 0 Å². The molecule has 0 saturated carbocycles. The van der Waals surface area contributed by atoms with Crippen molar-refractivity contribution < 1.29 is 29.5 Å². The van der Waals surface area contributed by atoms with Crippen molar-refractivity contribution in [2.24, 2.45) is 5.41 Å². The third kappa shape index (κ3) is 9.20. The van der Waals surface area contributed by atoms with Gasteiger partial charge in [-0.3, -0.25) is 0 Å². The Morgan fingerprint density at radius 2 is 1.00 bits per heavy atom. The molecule has 0 aromatic rings. The summed E-state index contributed by atoms with van der Waals surface area (Å²) in [5.74, 6) is -1.36. The molecule has 0 bridgehead atoms. The number of ether oxygens (including phenoxy) is 3. The molecule has 0 rings (SSSR count). The van der Waals surface area contributed by atoms with Gasteiger partial charge in [0, 0.05) is 6.61 Å². The predicted octanol–water partition coefficient (Wildman–Crippen LogP) is 3.27. The maximum Gasteiger partial charge on any atom is 0.204 e. The van der Waals surface area contributed by atoms with Crippen molar-refractivity contribution in [3.05, 3.63) is 0 Å². The normalized spacial score (nSPS) is 12.7. The van der Waals surface area contributed by atoms with Gasteiger partial charge >= 0.3 is 0 Å². The highest BCUT2D eigenvalue weighted by molar-refractivity contribution is 4.94. The SMILES string of the molecule is CCCCCOCC(OCCCCC)(OCCCCC)C(CO)(CO)CO. The van der Waals surface area contributed by atoms with Gasteiger partial charge in [0.15, 0.2) is 0 Å². The van der Waals surface area contributed by atoms with Crippen LogP contribution in [0, 0.1) is 5.41 Å². The summed E-state index contributed by atoms with van der Waals surface area (Å²) in [5.41, 5.74) is -1.32. The number of aliphatic hydroxyl groups is 3. The lowest BCUT2D eigenvalue weighted by Gasteiger charge is -2.46. The van der Waals surface area contributed by atoms with Crippen LogP contribution in [0.5, 0.6) is 0 Å². The molecule has 0 fully saturated rings. The van der Waals surface area contributed by atoms with Gasteiger partial charge in [-0.2, -0.15) is 0 Å². The van der Waals surface area contributed by atoms with Crippen LogP contribution in [0.25, 0.3) is 0 Å². The van der Waals surface area contributed by atoms with Gasteiger partial charge in [-0.15, -0.1) is 0 Å². The van der Waals surface area contributed by atoms with E-state index in [9.17, 15) is 15.3 Å². The molecular formula is C21H44O6. The van der Waals surface area contributed by atoms with Gasteiger partial charge in [0.2, 0.25) is 5.79 Å². The quantitative estimate of drug-likeness (QED) is 0.218. The third-order valence-electron chi connectivity index (χ3n) is 5.07. The highest BCUT2D eigenvalue weighted by Gasteiger charge is 2.53. The van der Waals surface area contributed by atoms with Gasteiger partial charge in [0.25, 0.3) is 0 Å². The van der Waals surface area contributed by atoms with Crippen LogP contribution in [0.15, 0.2) is 0 Å². The van der Waals surface area contributed by atoms with E-state index < -0.39 is 31.0 Å². The van der Waals surface area contributed by atoms with Crippen LogP contribution in [0.4, 0.5) is 0 Å². The summed E-state index contributed by atoms with van der Waals surface area (Å²) in [5, 5.41) is 30.1. The molecule has 27 heavy (non-hydrogen) atoms. The molecule has 0 aliphatic heterocycles. The molecule has 6 nitrogen and oxygen atoms in total. The first-order valence-electron chi connectivity index (χ1n) is 10.8. The zero-order valence-electron chi connectivity index (χ0n) is 17.9. The fourth-order valence-electron chi connectivity index (χ4n) is 2.93. The van der Waals surface area contributed by atoms with Crippen LogP contribution in [0.1, 0.15) is 78.6 Å². The Morgan fingerprint density at radius 3 is 1.37 bits per heavy atom. The minimum Gasteiger partial charge on any atom is -0.395 e. The number of hydrogen-bond donors (Lipinski definition) is 3. The molecule has 0 radical (unpaired) electrons. The molecule has 0 saturated heterocycles. The summed E-state index contributed by atoms with van der Waals surface area (Å²) in [6, 6.07) is 0. The van der Waals surface area contributed by atoms with Crippen LogP contribution < -0.4 is 0 Å². The predicted molar refractivity (Wildman–Crippen MR) is 108 cm³/mol. The Morgan fingerprint density at radius 1 is 0.593 bits per heavy atom. The second-order valence-corrected chi connectivity index (χ2v) is 7.38. The first kappa shape index (κ1) is 26.8. The Hall–Kier alpha value is -0.240. The van der Waals surface area contributed by atoms with Crippen LogP contribution >= 0.6 is 0 Å². The maximum atomic E-state index is 10.0. The van der Waals surface area contributed by atoms with E-state index in [-0.39, 0.29) is 6.61 Å². The van der Waals surface area contributed by atoms with Crippen LogP contribution in [-0.2, 0) is 14.2 Å². The van der Waals surface area contributed by atoms with Crippen molar-refractivity contribution in [3.8, 4) is 0 Å². The van der Waals surface area contributed by atoms with Gasteiger partial charge in [-0.05, 0) is 19.3 Å². The lowest BCUT2D eigenvalue weighted by Crippen LogP contribution is -2.61. The minimum atomic E-state index is -1.36. The van der Waals surface area contributed by atoms with E-state index in [1.54, 1.807) is 0 Å². The monoisotopic (exact) mass is 392 g/mol. The van der Waals surface area contributed by atoms with Crippen LogP contribution in [-0.4, -0.2) is 67.4 Å². The third-order valence-corrected chi connectivity index (χ3v) is 5.07. The van der Waals surface area contributed by atoms with E-state index in [0.717, 1.165) is 57.8 Å². The molecular weight excluding hydrogens is 348 g/mol. The molecule has 0 aliphatic rings. The molecule has 0 aromatic carbocycles. The number of hydrogen-bond acceptors (Lipinski definition) is 6. The molecule has 0 aromatic heterocycles. The topological polar surface area (TPSA) is 88.4 Å². The molecule has 164 valence electrons. The average Bonchev–Trinajstić information content (AvgIpc) is 2.70. The van der Waals surface area contributed by atoms with Gasteiger partial charge in [-0.25, -0.2) is 0 Å². The molecule has 0 spiro atoms. The number of aliphatic hydroxyl groups excluding tert-OH is 3. The Bertz CT molecular complexity index is 300. The van der Waals surface area contributed by atoms with Crippen molar-refractivity contribution in [1.29, 1.82) is 0 Å². The van der Waals surface area contributed by atoms with E-state index in [0.29, 0.717) is 19.8 Å². The van der Waals surface area contributed by atoms with E-state index >= 15 is 0 Å². The Labute approximate surface area is 166 Å². The molecule has 3 N–H and O–H groups in total. The fraction of sp³-hybridized carbons (Fsp3) is 1.00. The van der Waals surface area contributed by atoms with Crippen LogP contribution in [0.2, 0.25) is 0 Å². The first-order valence-corrected chi connectivity index (χ1v) is 10.8. The van der Waals surface area contributed by atoms with Gasteiger partial charge in [-0.1, -0.05) is 59.3 Å². The fourth-order valence-corrected chi connectivity index (χ4v) is 2.93. The standard InChI is InChI=1S/C21H44O6/c1-4-7-10-13-25-19-21(26-14-11-8-5-2,27-15-12-9-6-3)20(16-22,17-23)18-24/h22-24H,4-19H2,1-3H3. The smallest absolute Gasteiger partial charge is 0.204 e. The lowest BCUT2D eigenvalue weighted by atomic mass is 9.81. The highest BCUT2D eigenvalue weighted by Crippen LogP contribution is 2.37. The summed E-state index contributed by atoms with van der Waals surface area (Å²) >= 11 is 0. The van der Waals surface area contributed by atoms with E-state index in [1.165, 1.54) is 0 Å². The maximum absolute atomic E-state index is 10.0. The summed E-state index contributed by atoms with van der Waals surface area (Å²) in [4.78, 5) is 0. The zero-order chi connectivity index (χ0) is 20.4. The molecule has 0 atom stereocenters. The summed E-state index contributed by atoms with van der Waals surface area (Å²) in [7, 11) is 0. The average molecular weight is 393 g/mol. The van der Waals surface area contributed by atoms with Crippen molar-refractivity contribution in [1.82, 2.24) is 0 Å². The number of unbranched alkanes of at least 4 members (excludes halogenated alkanes) is 6. The molecule has 0 aliphatic carbocycles. The Balaban J connectivity index is 5.30. The van der Waals surface area contributed by atoms with Gasteiger partial charge in [0.05, 0.1) is 38.4 Å². The first-order chi connectivity index (χ1) is 13.1. The lowest BCUT2D eigenvalue weighted by molar-refractivity contribution is -0.338. The highest BCUT2D eigenvalue weighted by atomic mass is 16.7. The summed E-state index contributed by atoms with van der Waals surface area (Å²) in [6.07, 6.45) is 8.98. The second kappa shape index (κ2) is 16.7. The zero-order valence-corrected chi connectivity index (χ0v) is 17.9.